The zero-order valence-corrected chi connectivity index (χ0v) is 16.1. The van der Waals surface area contributed by atoms with Crippen molar-refractivity contribution in [3.63, 3.8) is 0 Å². The predicted octanol–water partition coefficient (Wildman–Crippen LogP) is 1.82. The SMILES string of the molecule is CCN1CCC[C@H]1CNC(=O)c1nc(COc2ccc(NC(C)=O)cc2)no1. The minimum Gasteiger partial charge on any atom is -0.485 e. The fourth-order valence-corrected chi connectivity index (χ4v) is 3.22. The molecule has 0 radical (unpaired) electrons. The third kappa shape index (κ3) is 5.29. The highest BCUT2D eigenvalue weighted by atomic mass is 16.5. The van der Waals surface area contributed by atoms with Crippen LogP contribution in [0.5, 0.6) is 5.75 Å². The van der Waals surface area contributed by atoms with Crippen molar-refractivity contribution in [2.75, 3.05) is 25.0 Å². The number of anilines is 1. The Labute approximate surface area is 163 Å². The molecule has 2 amide bonds. The number of carbonyl (C=O) groups excluding carboxylic acids is 2. The van der Waals surface area contributed by atoms with Gasteiger partial charge in [0.1, 0.15) is 5.75 Å². The van der Waals surface area contributed by atoms with Crippen LogP contribution in [-0.2, 0) is 11.4 Å². The Bertz CT molecular complexity index is 805. The van der Waals surface area contributed by atoms with Gasteiger partial charge in [0.15, 0.2) is 6.61 Å². The molecule has 1 aromatic heterocycles. The number of ether oxygens (including phenoxy) is 1. The van der Waals surface area contributed by atoms with E-state index in [1.54, 1.807) is 24.3 Å². The Morgan fingerprint density at radius 3 is 2.82 bits per heavy atom. The maximum atomic E-state index is 12.2. The normalized spacial score (nSPS) is 16.7. The van der Waals surface area contributed by atoms with Crippen LogP contribution in [0.25, 0.3) is 0 Å². The van der Waals surface area contributed by atoms with Gasteiger partial charge in [-0.05, 0) is 50.2 Å². The highest BCUT2D eigenvalue weighted by molar-refractivity contribution is 5.89. The molecule has 0 aliphatic carbocycles. The molecule has 1 aliphatic heterocycles. The van der Waals surface area contributed by atoms with Gasteiger partial charge in [-0.1, -0.05) is 12.1 Å². The summed E-state index contributed by atoms with van der Waals surface area (Å²) >= 11 is 0. The molecule has 0 bridgehead atoms. The summed E-state index contributed by atoms with van der Waals surface area (Å²) in [5.74, 6) is 0.293. The molecule has 1 atom stereocenters. The topological polar surface area (TPSA) is 110 Å². The second kappa shape index (κ2) is 9.32. The van der Waals surface area contributed by atoms with Crippen LogP contribution in [0.3, 0.4) is 0 Å². The number of amides is 2. The molecule has 2 aromatic rings. The summed E-state index contributed by atoms with van der Waals surface area (Å²) < 4.78 is 10.6. The first-order valence-corrected chi connectivity index (χ1v) is 9.40. The lowest BCUT2D eigenvalue weighted by atomic mass is 10.2. The number of carbonyl (C=O) groups is 2. The van der Waals surface area contributed by atoms with Gasteiger partial charge in [0.05, 0.1) is 0 Å². The van der Waals surface area contributed by atoms with Crippen molar-refractivity contribution in [3.8, 4) is 5.75 Å². The highest BCUT2D eigenvalue weighted by Crippen LogP contribution is 2.17. The summed E-state index contributed by atoms with van der Waals surface area (Å²) in [5.41, 5.74) is 0.683. The Kier molecular flexibility index (Phi) is 6.59. The van der Waals surface area contributed by atoms with Crippen molar-refractivity contribution in [2.24, 2.45) is 0 Å². The fraction of sp³-hybridized carbons (Fsp3) is 0.474. The molecule has 28 heavy (non-hydrogen) atoms. The predicted molar refractivity (Wildman–Crippen MR) is 102 cm³/mol. The molecule has 150 valence electrons. The second-order valence-corrected chi connectivity index (χ2v) is 6.64. The van der Waals surface area contributed by atoms with Gasteiger partial charge in [-0.2, -0.15) is 4.98 Å². The number of nitrogens with zero attached hydrogens (tertiary/aromatic N) is 3. The van der Waals surface area contributed by atoms with Gasteiger partial charge < -0.3 is 19.9 Å². The van der Waals surface area contributed by atoms with E-state index in [-0.39, 0.29) is 30.1 Å². The van der Waals surface area contributed by atoms with Crippen molar-refractivity contribution in [1.82, 2.24) is 20.4 Å². The van der Waals surface area contributed by atoms with Crippen LogP contribution in [0, 0.1) is 0 Å². The van der Waals surface area contributed by atoms with Crippen molar-refractivity contribution in [3.05, 3.63) is 36.0 Å². The third-order valence-corrected chi connectivity index (χ3v) is 4.61. The summed E-state index contributed by atoms with van der Waals surface area (Å²) in [5, 5.41) is 9.32. The van der Waals surface area contributed by atoms with E-state index in [0.717, 1.165) is 25.9 Å². The smallest absolute Gasteiger partial charge is 0.316 e. The second-order valence-electron chi connectivity index (χ2n) is 6.64. The maximum Gasteiger partial charge on any atom is 0.316 e. The minimum absolute atomic E-state index is 0.0688. The number of hydrogen-bond donors (Lipinski definition) is 2. The molecule has 1 aromatic carbocycles. The van der Waals surface area contributed by atoms with Gasteiger partial charge in [-0.3, -0.25) is 14.5 Å². The van der Waals surface area contributed by atoms with Crippen LogP contribution in [-0.4, -0.2) is 52.5 Å². The Hall–Kier alpha value is -2.94. The van der Waals surface area contributed by atoms with Crippen LogP contribution in [0.1, 0.15) is 43.2 Å². The van der Waals surface area contributed by atoms with Gasteiger partial charge in [0.2, 0.25) is 11.7 Å². The molecule has 9 heteroatoms. The first-order valence-electron chi connectivity index (χ1n) is 9.40. The van der Waals surface area contributed by atoms with Gasteiger partial charge >= 0.3 is 11.8 Å². The quantitative estimate of drug-likeness (QED) is 0.711. The number of likely N-dealkylation sites (N-methyl/N-ethyl adjacent to an activating group) is 1. The van der Waals surface area contributed by atoms with E-state index in [4.69, 9.17) is 9.26 Å². The minimum atomic E-state index is -0.374. The number of aromatic nitrogens is 2. The summed E-state index contributed by atoms with van der Waals surface area (Å²) in [6.07, 6.45) is 2.24. The van der Waals surface area contributed by atoms with Crippen molar-refractivity contribution in [1.29, 1.82) is 0 Å². The monoisotopic (exact) mass is 387 g/mol. The Morgan fingerprint density at radius 2 is 2.11 bits per heavy atom. The van der Waals surface area contributed by atoms with Crippen molar-refractivity contribution in [2.45, 2.75) is 39.3 Å². The number of benzene rings is 1. The Morgan fingerprint density at radius 1 is 1.32 bits per heavy atom. The van der Waals surface area contributed by atoms with Crippen molar-refractivity contribution < 1.29 is 18.8 Å². The molecule has 1 fully saturated rings. The number of rotatable bonds is 8. The molecule has 0 unspecified atom stereocenters. The fourth-order valence-electron chi connectivity index (χ4n) is 3.22. The zero-order chi connectivity index (χ0) is 19.9. The first-order chi connectivity index (χ1) is 13.5. The summed E-state index contributed by atoms with van der Waals surface area (Å²) in [7, 11) is 0. The largest absolute Gasteiger partial charge is 0.485 e. The Balaban J connectivity index is 1.47. The standard InChI is InChI=1S/C19H25N5O4/c1-3-24-10-4-5-15(24)11-20-18(26)19-22-17(23-28-19)12-27-16-8-6-14(7-9-16)21-13(2)25/h6-9,15H,3-5,10-12H2,1-2H3,(H,20,26)(H,21,25)/t15-/m0/s1. The highest BCUT2D eigenvalue weighted by Gasteiger charge is 2.24. The summed E-state index contributed by atoms with van der Waals surface area (Å²) in [6.45, 7) is 6.27. The van der Waals surface area contributed by atoms with Crippen LogP contribution < -0.4 is 15.4 Å². The first kappa shape index (κ1) is 19.8. The molecular formula is C19H25N5O4. The molecule has 0 saturated carbocycles. The molecule has 9 nitrogen and oxygen atoms in total. The van der Waals surface area contributed by atoms with Gasteiger partial charge in [0.25, 0.3) is 0 Å². The van der Waals surface area contributed by atoms with Crippen LogP contribution in [0.2, 0.25) is 0 Å². The lowest BCUT2D eigenvalue weighted by Gasteiger charge is -2.22. The summed E-state index contributed by atoms with van der Waals surface area (Å²) in [6, 6.07) is 7.27. The average molecular weight is 387 g/mol. The van der Waals surface area contributed by atoms with Gasteiger partial charge in [-0.15, -0.1) is 0 Å². The maximum absolute atomic E-state index is 12.2. The zero-order valence-electron chi connectivity index (χ0n) is 16.1. The lowest BCUT2D eigenvalue weighted by Crippen LogP contribution is -2.40. The van der Waals surface area contributed by atoms with E-state index in [1.165, 1.54) is 6.92 Å². The van der Waals surface area contributed by atoms with Gasteiger partial charge in [-0.25, -0.2) is 0 Å². The van der Waals surface area contributed by atoms with Crippen molar-refractivity contribution >= 4 is 17.5 Å². The molecule has 0 spiro atoms. The van der Waals surface area contributed by atoms with Crippen LogP contribution in [0.15, 0.2) is 28.8 Å². The van der Waals surface area contributed by atoms with E-state index in [9.17, 15) is 9.59 Å². The van der Waals surface area contributed by atoms with E-state index < -0.39 is 0 Å². The molecule has 3 rings (SSSR count). The average Bonchev–Trinajstić information content (AvgIpc) is 3.34. The third-order valence-electron chi connectivity index (χ3n) is 4.61. The molecule has 1 aliphatic rings. The number of likely N-dealkylation sites (tertiary alicyclic amines) is 1. The van der Waals surface area contributed by atoms with Crippen LogP contribution in [0.4, 0.5) is 5.69 Å². The van der Waals surface area contributed by atoms with E-state index in [1.807, 2.05) is 0 Å². The molecule has 2 N–H and O–H groups in total. The summed E-state index contributed by atoms with van der Waals surface area (Å²) in [4.78, 5) is 29.7. The number of hydrogen-bond acceptors (Lipinski definition) is 7. The van der Waals surface area contributed by atoms with Gasteiger partial charge in [0, 0.05) is 25.2 Å². The molecular weight excluding hydrogens is 362 g/mol. The van der Waals surface area contributed by atoms with E-state index in [0.29, 0.717) is 24.0 Å². The lowest BCUT2D eigenvalue weighted by molar-refractivity contribution is -0.114. The van der Waals surface area contributed by atoms with E-state index in [2.05, 4.69) is 32.6 Å². The number of nitrogens with one attached hydrogen (secondary N) is 2. The van der Waals surface area contributed by atoms with E-state index >= 15 is 0 Å². The molecule has 2 heterocycles. The molecule has 1 saturated heterocycles. The van der Waals surface area contributed by atoms with Crippen LogP contribution >= 0.6 is 0 Å².